The van der Waals surface area contributed by atoms with Gasteiger partial charge in [-0.05, 0) is 24.5 Å². The fourth-order valence-corrected chi connectivity index (χ4v) is 2.78. The zero-order valence-corrected chi connectivity index (χ0v) is 13.7. The summed E-state index contributed by atoms with van der Waals surface area (Å²) < 4.78 is 41.4. The zero-order valence-electron chi connectivity index (χ0n) is 12.9. The number of halogens is 1. The van der Waals surface area contributed by atoms with E-state index < -0.39 is 15.5 Å². The molecule has 0 fully saturated rings. The lowest BCUT2D eigenvalue weighted by molar-refractivity contribution is 0.117. The summed E-state index contributed by atoms with van der Waals surface area (Å²) in [5, 5.41) is -1.19. The summed E-state index contributed by atoms with van der Waals surface area (Å²) in [6.45, 7) is 2.33. The van der Waals surface area contributed by atoms with Gasteiger partial charge in [-0.1, -0.05) is 30.3 Å². The molecule has 2 rings (SSSR count). The van der Waals surface area contributed by atoms with Gasteiger partial charge in [0.25, 0.3) is 0 Å². The number of benzene rings is 1. The molecule has 0 aliphatic rings. The molecule has 1 aromatic carbocycles. The molecular formula is C16H19FN2O3S. The second-order valence-electron chi connectivity index (χ2n) is 5.31. The lowest BCUT2D eigenvalue weighted by Gasteiger charge is -2.12. The lowest BCUT2D eigenvalue weighted by atomic mass is 10.2. The first-order valence-corrected chi connectivity index (χ1v) is 8.72. The van der Waals surface area contributed by atoms with Crippen molar-refractivity contribution >= 4 is 10.2 Å². The molecule has 0 unspecified atom stereocenters. The second-order valence-corrected chi connectivity index (χ2v) is 6.92. The van der Waals surface area contributed by atoms with Gasteiger partial charge >= 0.3 is 10.2 Å². The fourth-order valence-electron chi connectivity index (χ4n) is 2.05. The molecule has 0 bridgehead atoms. The Morgan fingerprint density at radius 1 is 1.17 bits per heavy atom. The summed E-state index contributed by atoms with van der Waals surface area (Å²) in [5.74, 6) is 0.310. The van der Waals surface area contributed by atoms with Crippen LogP contribution in [-0.4, -0.2) is 30.2 Å². The van der Waals surface area contributed by atoms with Crippen molar-refractivity contribution in [2.75, 3.05) is 6.61 Å². The van der Waals surface area contributed by atoms with E-state index in [-0.39, 0.29) is 19.4 Å². The molecular weight excluding hydrogens is 319 g/mol. The van der Waals surface area contributed by atoms with Gasteiger partial charge in [-0.15, -0.1) is 3.89 Å². The number of rotatable bonds is 8. The summed E-state index contributed by atoms with van der Waals surface area (Å²) in [7, 11) is -4.68. The first-order chi connectivity index (χ1) is 10.9. The van der Waals surface area contributed by atoms with Crippen LogP contribution in [0.5, 0.6) is 0 Å². The topological polar surface area (TPSA) is 69.2 Å². The summed E-state index contributed by atoms with van der Waals surface area (Å²) in [6, 6.07) is 9.49. The van der Waals surface area contributed by atoms with Crippen molar-refractivity contribution < 1.29 is 17.0 Å². The van der Waals surface area contributed by atoms with E-state index in [1.165, 1.54) is 0 Å². The average molecular weight is 338 g/mol. The van der Waals surface area contributed by atoms with Gasteiger partial charge in [0.2, 0.25) is 0 Å². The van der Waals surface area contributed by atoms with Gasteiger partial charge < -0.3 is 4.74 Å². The third-order valence-electron chi connectivity index (χ3n) is 3.34. The Labute approximate surface area is 135 Å². The molecule has 0 amide bonds. The van der Waals surface area contributed by atoms with Crippen LogP contribution >= 0.6 is 0 Å². The van der Waals surface area contributed by atoms with Gasteiger partial charge in [-0.25, -0.2) is 9.97 Å². The number of ether oxygens (including phenoxy) is 1. The van der Waals surface area contributed by atoms with Crippen molar-refractivity contribution in [3.63, 3.8) is 0 Å². The van der Waals surface area contributed by atoms with Crippen LogP contribution < -0.4 is 0 Å². The van der Waals surface area contributed by atoms with E-state index in [0.717, 1.165) is 11.1 Å². The highest BCUT2D eigenvalue weighted by molar-refractivity contribution is 7.87. The zero-order chi connectivity index (χ0) is 16.7. The minimum atomic E-state index is -4.68. The van der Waals surface area contributed by atoms with Crippen LogP contribution in [0.1, 0.15) is 23.4 Å². The number of hydrogen-bond donors (Lipinski definition) is 0. The molecule has 0 spiro atoms. The standard InChI is InChI=1S/C16H19FN2O3S/c1-13-10-18-16(19-11-13)9-15(23(17,20)21)7-8-22-12-14-5-3-2-4-6-14/h2-6,10-11,15H,7-9,12H2,1H3/t15-/m0/s1. The molecule has 2 aromatic rings. The van der Waals surface area contributed by atoms with Crippen LogP contribution in [-0.2, 0) is 28.0 Å². The summed E-state index contributed by atoms with van der Waals surface area (Å²) in [5.41, 5.74) is 1.84. The maximum Gasteiger partial charge on any atom is 0.305 e. The Morgan fingerprint density at radius 2 is 1.83 bits per heavy atom. The third-order valence-corrected chi connectivity index (χ3v) is 4.54. The van der Waals surface area contributed by atoms with Gasteiger partial charge in [0.05, 0.1) is 6.61 Å². The molecule has 0 saturated heterocycles. The number of aromatic nitrogens is 2. The predicted octanol–water partition coefficient (Wildman–Crippen LogP) is 2.60. The average Bonchev–Trinajstić information content (AvgIpc) is 2.52. The number of aryl methyl sites for hydroxylation is 1. The van der Waals surface area contributed by atoms with Gasteiger partial charge in [-0.2, -0.15) is 8.42 Å². The molecule has 0 aliphatic heterocycles. The van der Waals surface area contributed by atoms with E-state index in [2.05, 4.69) is 9.97 Å². The SMILES string of the molecule is Cc1cnc(C[C@H](CCOCc2ccccc2)S(=O)(=O)F)nc1. The summed E-state index contributed by atoms with van der Waals surface area (Å²) >= 11 is 0. The molecule has 0 N–H and O–H groups in total. The summed E-state index contributed by atoms with van der Waals surface area (Å²) in [6.07, 6.45) is 3.16. The van der Waals surface area contributed by atoms with Crippen molar-refractivity contribution in [3.05, 3.63) is 59.7 Å². The Balaban J connectivity index is 1.88. The molecule has 5 nitrogen and oxygen atoms in total. The van der Waals surface area contributed by atoms with E-state index in [9.17, 15) is 12.3 Å². The van der Waals surface area contributed by atoms with Gasteiger partial charge in [0, 0.05) is 25.4 Å². The van der Waals surface area contributed by atoms with E-state index in [4.69, 9.17) is 4.74 Å². The molecule has 124 valence electrons. The van der Waals surface area contributed by atoms with Gasteiger partial charge in [0.15, 0.2) is 0 Å². The van der Waals surface area contributed by atoms with Gasteiger partial charge in [-0.3, -0.25) is 0 Å². The lowest BCUT2D eigenvalue weighted by Crippen LogP contribution is -2.23. The minimum absolute atomic E-state index is 0.0584. The van der Waals surface area contributed by atoms with E-state index in [1.54, 1.807) is 12.4 Å². The van der Waals surface area contributed by atoms with Crippen molar-refractivity contribution in [2.24, 2.45) is 0 Å². The third kappa shape index (κ3) is 6.03. The first kappa shape index (κ1) is 17.5. The van der Waals surface area contributed by atoms with Crippen molar-refractivity contribution in [1.82, 2.24) is 9.97 Å². The molecule has 1 atom stereocenters. The quantitative estimate of drug-likeness (QED) is 0.547. The molecule has 23 heavy (non-hydrogen) atoms. The molecule has 0 saturated carbocycles. The van der Waals surface area contributed by atoms with Crippen LogP contribution in [0.4, 0.5) is 3.89 Å². The van der Waals surface area contributed by atoms with Crippen LogP contribution in [0.3, 0.4) is 0 Å². The van der Waals surface area contributed by atoms with Crippen molar-refractivity contribution in [2.45, 2.75) is 31.6 Å². The maximum absolute atomic E-state index is 13.4. The minimum Gasteiger partial charge on any atom is -0.377 e. The predicted molar refractivity (Wildman–Crippen MR) is 85.0 cm³/mol. The molecule has 0 radical (unpaired) electrons. The van der Waals surface area contributed by atoms with E-state index >= 15 is 0 Å². The highest BCUT2D eigenvalue weighted by Crippen LogP contribution is 2.14. The smallest absolute Gasteiger partial charge is 0.305 e. The van der Waals surface area contributed by atoms with E-state index in [1.807, 2.05) is 37.3 Å². The van der Waals surface area contributed by atoms with Crippen LogP contribution in [0.15, 0.2) is 42.7 Å². The largest absolute Gasteiger partial charge is 0.377 e. The fraction of sp³-hybridized carbons (Fsp3) is 0.375. The Kier molecular flexibility index (Phi) is 6.18. The maximum atomic E-state index is 13.4. The first-order valence-electron chi connectivity index (χ1n) is 7.28. The number of nitrogens with zero attached hydrogens (tertiary/aromatic N) is 2. The summed E-state index contributed by atoms with van der Waals surface area (Å²) in [4.78, 5) is 8.05. The van der Waals surface area contributed by atoms with Crippen molar-refractivity contribution in [1.29, 1.82) is 0 Å². The van der Waals surface area contributed by atoms with Gasteiger partial charge in [0.1, 0.15) is 11.1 Å². The van der Waals surface area contributed by atoms with Crippen molar-refractivity contribution in [3.8, 4) is 0 Å². The van der Waals surface area contributed by atoms with E-state index in [0.29, 0.717) is 12.4 Å². The Bertz CT molecular complexity index is 706. The number of hydrogen-bond acceptors (Lipinski definition) is 5. The Morgan fingerprint density at radius 3 is 2.43 bits per heavy atom. The monoisotopic (exact) mass is 338 g/mol. The molecule has 7 heteroatoms. The highest BCUT2D eigenvalue weighted by Gasteiger charge is 2.26. The molecule has 1 aromatic heterocycles. The van der Waals surface area contributed by atoms with Crippen LogP contribution in [0.25, 0.3) is 0 Å². The molecule has 0 aliphatic carbocycles. The highest BCUT2D eigenvalue weighted by atomic mass is 32.3. The molecule has 1 heterocycles. The second kappa shape index (κ2) is 8.12. The Hall–Kier alpha value is -1.86. The van der Waals surface area contributed by atoms with Crippen LogP contribution in [0, 0.1) is 6.92 Å². The normalized spacial score (nSPS) is 13.0. The van der Waals surface area contributed by atoms with Crippen LogP contribution in [0.2, 0.25) is 0 Å².